The van der Waals surface area contributed by atoms with Gasteiger partial charge in [-0.05, 0) is 29.8 Å². The molecule has 1 aromatic carbocycles. The molecule has 14 heteroatoms. The predicted molar refractivity (Wildman–Crippen MR) is 119 cm³/mol. The maximum absolute atomic E-state index is 14.0. The van der Waals surface area contributed by atoms with Gasteiger partial charge in [-0.3, -0.25) is 18.7 Å². The number of ether oxygens (including phenoxy) is 1. The monoisotopic (exact) mass is 509 g/mol. The lowest BCUT2D eigenvalue weighted by molar-refractivity contribution is -0.275. The number of aryl methyl sites for hydroxylation is 1. The van der Waals surface area contributed by atoms with Crippen LogP contribution in [0.2, 0.25) is 0 Å². The van der Waals surface area contributed by atoms with Crippen LogP contribution in [0.4, 0.5) is 22.7 Å². The summed E-state index contributed by atoms with van der Waals surface area (Å²) in [6.45, 7) is 0. The normalized spacial score (nSPS) is 11.6. The summed E-state index contributed by atoms with van der Waals surface area (Å²) in [6.07, 6.45) is -3.87. The molecule has 0 spiro atoms. The number of aromatic nitrogens is 4. The maximum atomic E-state index is 14.0. The second-order valence-corrected chi connectivity index (χ2v) is 8.19. The van der Waals surface area contributed by atoms with Crippen LogP contribution in [0.3, 0.4) is 0 Å². The summed E-state index contributed by atoms with van der Waals surface area (Å²) in [4.78, 5) is 45.6. The molecule has 0 radical (unpaired) electrons. The summed E-state index contributed by atoms with van der Waals surface area (Å²) >= 11 is 1.02. The van der Waals surface area contributed by atoms with Crippen molar-refractivity contribution < 1.29 is 27.1 Å². The molecule has 0 atom stereocenters. The first-order chi connectivity index (χ1) is 16.4. The molecule has 0 saturated heterocycles. The summed E-state index contributed by atoms with van der Waals surface area (Å²) in [7, 11) is 2.78. The van der Waals surface area contributed by atoms with Crippen molar-refractivity contribution in [2.45, 2.75) is 12.8 Å². The third-order valence-corrected chi connectivity index (χ3v) is 5.74. The Morgan fingerprint density at radius 3 is 2.60 bits per heavy atom. The van der Waals surface area contributed by atoms with Crippen LogP contribution in [-0.2, 0) is 25.3 Å². The number of carbonyl (C=O) groups is 1. The summed E-state index contributed by atoms with van der Waals surface area (Å²) < 4.78 is 56.7. The van der Waals surface area contributed by atoms with E-state index in [1.165, 1.54) is 42.4 Å². The van der Waals surface area contributed by atoms with Crippen LogP contribution in [0.1, 0.15) is 5.56 Å². The zero-order chi connectivity index (χ0) is 25.5. The first kappa shape index (κ1) is 24.1. The highest BCUT2D eigenvalue weighted by Gasteiger charge is 2.32. The Labute approximate surface area is 197 Å². The van der Waals surface area contributed by atoms with Crippen LogP contribution >= 0.6 is 11.3 Å². The lowest BCUT2D eigenvalue weighted by atomic mass is 10.1. The molecule has 0 aliphatic rings. The van der Waals surface area contributed by atoms with E-state index in [0.717, 1.165) is 28.0 Å². The van der Waals surface area contributed by atoms with Gasteiger partial charge in [0.1, 0.15) is 5.65 Å². The Bertz CT molecular complexity index is 1570. The number of anilines is 1. The smallest absolute Gasteiger partial charge is 0.403 e. The van der Waals surface area contributed by atoms with Crippen molar-refractivity contribution in [3.63, 3.8) is 0 Å². The number of amides is 1. The van der Waals surface area contributed by atoms with Gasteiger partial charge in [0.15, 0.2) is 16.7 Å². The van der Waals surface area contributed by atoms with Crippen LogP contribution in [0, 0.1) is 5.82 Å². The van der Waals surface area contributed by atoms with Gasteiger partial charge in [-0.15, -0.1) is 24.5 Å². The Morgan fingerprint density at radius 1 is 1.17 bits per heavy atom. The molecule has 4 aromatic rings. The second kappa shape index (κ2) is 8.94. The number of rotatable bonds is 5. The average Bonchev–Trinajstić information content (AvgIpc) is 3.24. The molecule has 0 fully saturated rings. The predicted octanol–water partition coefficient (Wildman–Crippen LogP) is 2.97. The van der Waals surface area contributed by atoms with E-state index in [1.807, 2.05) is 0 Å². The number of hydrogen-bond donors (Lipinski definition) is 1. The SMILES string of the molecule is Cn1c(=O)c2c(CC(=O)Nc3nc(-c4ccc(OC(F)(F)F)c(F)c4)cs3)ccnc2n(C)c1=O. The number of hydrogen-bond acceptors (Lipinski definition) is 7. The van der Waals surface area contributed by atoms with E-state index in [1.54, 1.807) is 0 Å². The third-order valence-electron chi connectivity index (χ3n) is 4.98. The Hall–Kier alpha value is -4.07. The number of nitrogens with one attached hydrogen (secondary N) is 1. The van der Waals surface area contributed by atoms with Gasteiger partial charge in [-0.25, -0.2) is 19.2 Å². The molecule has 1 amide bonds. The molecule has 1 N–H and O–H groups in total. The van der Waals surface area contributed by atoms with Crippen LogP contribution in [0.15, 0.2) is 45.4 Å². The minimum absolute atomic E-state index is 0.128. The zero-order valence-electron chi connectivity index (χ0n) is 18.0. The van der Waals surface area contributed by atoms with E-state index in [0.29, 0.717) is 5.56 Å². The Kier molecular flexibility index (Phi) is 6.15. The standard InChI is InChI=1S/C21H15F4N5O4S/c1-29-17-16(18(32)30(2)20(29)33)11(5-6-26-17)8-15(31)28-19-27-13(9-35-19)10-3-4-14(12(22)7-10)34-21(23,24)25/h3-7,9H,8H2,1-2H3,(H,27,28,31). The lowest BCUT2D eigenvalue weighted by Crippen LogP contribution is -2.37. The summed E-state index contributed by atoms with van der Waals surface area (Å²) in [5.41, 5.74) is -0.251. The molecule has 0 bridgehead atoms. The number of nitrogens with zero attached hydrogens (tertiary/aromatic N) is 4. The molecule has 182 valence electrons. The fraction of sp³-hybridized carbons (Fsp3) is 0.190. The van der Waals surface area contributed by atoms with Crippen LogP contribution in [-0.4, -0.2) is 31.4 Å². The molecule has 35 heavy (non-hydrogen) atoms. The van der Waals surface area contributed by atoms with E-state index in [-0.39, 0.29) is 33.8 Å². The summed E-state index contributed by atoms with van der Waals surface area (Å²) in [5.74, 6) is -2.72. The number of alkyl halides is 3. The Morgan fingerprint density at radius 2 is 1.91 bits per heavy atom. The molecule has 9 nitrogen and oxygen atoms in total. The highest BCUT2D eigenvalue weighted by atomic mass is 32.1. The molecule has 4 rings (SSSR count). The van der Waals surface area contributed by atoms with Gasteiger partial charge >= 0.3 is 12.1 Å². The number of fused-ring (bicyclic) bond motifs is 1. The quantitative estimate of drug-likeness (QED) is 0.415. The minimum Gasteiger partial charge on any atom is -0.403 e. The van der Waals surface area contributed by atoms with Crippen LogP contribution in [0.5, 0.6) is 5.75 Å². The number of halogens is 4. The molecule has 3 heterocycles. The number of benzene rings is 1. The highest BCUT2D eigenvalue weighted by molar-refractivity contribution is 7.14. The average molecular weight is 509 g/mol. The van der Waals surface area contributed by atoms with Crippen molar-refractivity contribution in [3.05, 3.63) is 68.1 Å². The van der Waals surface area contributed by atoms with Crippen molar-refractivity contribution in [1.29, 1.82) is 0 Å². The van der Waals surface area contributed by atoms with Gasteiger partial charge in [0.05, 0.1) is 17.5 Å². The van der Waals surface area contributed by atoms with Crippen molar-refractivity contribution in [3.8, 4) is 17.0 Å². The van der Waals surface area contributed by atoms with E-state index >= 15 is 0 Å². The van der Waals surface area contributed by atoms with Gasteiger partial charge in [0.2, 0.25) is 5.91 Å². The Balaban J connectivity index is 1.54. The largest absolute Gasteiger partial charge is 0.573 e. The first-order valence-corrected chi connectivity index (χ1v) is 10.7. The lowest BCUT2D eigenvalue weighted by Gasteiger charge is -2.10. The van der Waals surface area contributed by atoms with Crippen molar-refractivity contribution >= 4 is 33.4 Å². The van der Waals surface area contributed by atoms with Crippen molar-refractivity contribution in [1.82, 2.24) is 19.1 Å². The van der Waals surface area contributed by atoms with Crippen molar-refractivity contribution in [2.75, 3.05) is 5.32 Å². The van der Waals surface area contributed by atoms with E-state index in [9.17, 15) is 31.9 Å². The first-order valence-electron chi connectivity index (χ1n) is 9.79. The molecule has 0 unspecified atom stereocenters. The van der Waals surface area contributed by atoms with Gasteiger partial charge in [-0.2, -0.15) is 0 Å². The maximum Gasteiger partial charge on any atom is 0.573 e. The van der Waals surface area contributed by atoms with Gasteiger partial charge < -0.3 is 10.1 Å². The fourth-order valence-electron chi connectivity index (χ4n) is 3.36. The van der Waals surface area contributed by atoms with Gasteiger partial charge in [0.25, 0.3) is 5.56 Å². The summed E-state index contributed by atoms with van der Waals surface area (Å²) in [5, 5.41) is 4.33. The van der Waals surface area contributed by atoms with E-state index < -0.39 is 35.1 Å². The number of pyridine rings is 1. The zero-order valence-corrected chi connectivity index (χ0v) is 18.8. The van der Waals surface area contributed by atoms with Crippen LogP contribution < -0.4 is 21.3 Å². The molecule has 3 aromatic heterocycles. The highest BCUT2D eigenvalue weighted by Crippen LogP contribution is 2.31. The van der Waals surface area contributed by atoms with E-state index in [4.69, 9.17) is 0 Å². The topological polar surface area (TPSA) is 108 Å². The number of carbonyl (C=O) groups excluding carboxylic acids is 1. The second-order valence-electron chi connectivity index (χ2n) is 7.33. The molecule has 0 saturated carbocycles. The van der Waals surface area contributed by atoms with Crippen molar-refractivity contribution in [2.24, 2.45) is 14.1 Å². The molecular formula is C21H15F4N5O4S. The molecule has 0 aliphatic carbocycles. The number of thiazole rings is 1. The third kappa shape index (κ3) is 4.91. The molecule has 0 aliphatic heterocycles. The van der Waals surface area contributed by atoms with Gasteiger partial charge in [0, 0.05) is 31.2 Å². The summed E-state index contributed by atoms with van der Waals surface area (Å²) in [6, 6.07) is 4.37. The molecular weight excluding hydrogens is 494 g/mol. The minimum atomic E-state index is -5.03. The van der Waals surface area contributed by atoms with E-state index in [2.05, 4.69) is 20.0 Å². The van der Waals surface area contributed by atoms with Gasteiger partial charge in [-0.1, -0.05) is 0 Å². The van der Waals surface area contributed by atoms with Crippen LogP contribution in [0.25, 0.3) is 22.3 Å². The fourth-order valence-corrected chi connectivity index (χ4v) is 4.10.